The number of benzene rings is 1. The maximum atomic E-state index is 14.0. The number of pyridine rings is 2. The predicted octanol–water partition coefficient (Wildman–Crippen LogP) is 5.49. The van der Waals surface area contributed by atoms with Crippen molar-refractivity contribution in [2.75, 3.05) is 26.4 Å². The van der Waals surface area contributed by atoms with Crippen molar-refractivity contribution in [3.63, 3.8) is 0 Å². The van der Waals surface area contributed by atoms with Crippen molar-refractivity contribution >= 4 is 5.84 Å². The first-order chi connectivity index (χ1) is 17.3. The zero-order chi connectivity index (χ0) is 25.3. The smallest absolute Gasteiger partial charge is 0.213 e. The molecule has 36 heavy (non-hydrogen) atoms. The molecule has 8 heteroatoms. The summed E-state index contributed by atoms with van der Waals surface area (Å²) in [4.78, 5) is 13.2. The van der Waals surface area contributed by atoms with Gasteiger partial charge in [-0.2, -0.15) is 0 Å². The van der Waals surface area contributed by atoms with E-state index in [4.69, 9.17) is 19.2 Å². The van der Waals surface area contributed by atoms with Gasteiger partial charge in [0.1, 0.15) is 29.5 Å². The van der Waals surface area contributed by atoms with Crippen LogP contribution in [0.15, 0.2) is 53.9 Å². The summed E-state index contributed by atoms with van der Waals surface area (Å²) < 4.78 is 32.4. The molecule has 0 radical (unpaired) electrons. The summed E-state index contributed by atoms with van der Waals surface area (Å²) in [6.45, 7) is 10.4. The van der Waals surface area contributed by atoms with E-state index in [9.17, 15) is 4.39 Å². The van der Waals surface area contributed by atoms with Gasteiger partial charge >= 0.3 is 0 Å². The SMILES string of the molecule is CCCN=C1COCC2(N1)c1cc(-c3cncc(F)c3)ccc1Oc1cnc(OCC(C)(C)C)cc12. The normalized spacial score (nSPS) is 19.9. The van der Waals surface area contributed by atoms with E-state index in [1.165, 1.54) is 12.3 Å². The van der Waals surface area contributed by atoms with Crippen LogP contribution in [0.25, 0.3) is 11.1 Å². The maximum absolute atomic E-state index is 14.0. The number of nitrogens with one attached hydrogen (secondary N) is 1. The Kier molecular flexibility index (Phi) is 6.38. The van der Waals surface area contributed by atoms with Gasteiger partial charge < -0.3 is 19.5 Å². The minimum atomic E-state index is -0.784. The summed E-state index contributed by atoms with van der Waals surface area (Å²) in [5, 5.41) is 3.68. The van der Waals surface area contributed by atoms with Crippen LogP contribution in [-0.4, -0.2) is 42.2 Å². The molecule has 1 fully saturated rings. The summed E-state index contributed by atoms with van der Waals surface area (Å²) in [7, 11) is 0. The molecule has 1 atom stereocenters. The van der Waals surface area contributed by atoms with Gasteiger partial charge in [0.2, 0.25) is 5.88 Å². The van der Waals surface area contributed by atoms with Crippen LogP contribution in [0.3, 0.4) is 0 Å². The zero-order valence-corrected chi connectivity index (χ0v) is 21.1. The monoisotopic (exact) mass is 490 g/mol. The lowest BCUT2D eigenvalue weighted by Crippen LogP contribution is -2.56. The summed E-state index contributed by atoms with van der Waals surface area (Å²) in [6.07, 6.45) is 5.47. The Balaban J connectivity index is 1.64. The van der Waals surface area contributed by atoms with Gasteiger partial charge in [0.05, 0.1) is 25.6 Å². The predicted molar refractivity (Wildman–Crippen MR) is 136 cm³/mol. The number of ether oxygens (including phenoxy) is 3. The van der Waals surface area contributed by atoms with Crippen molar-refractivity contribution in [2.24, 2.45) is 10.4 Å². The summed E-state index contributed by atoms with van der Waals surface area (Å²) in [5.41, 5.74) is 2.43. The van der Waals surface area contributed by atoms with Crippen molar-refractivity contribution in [1.29, 1.82) is 0 Å². The molecule has 0 saturated carbocycles. The number of amidine groups is 1. The zero-order valence-electron chi connectivity index (χ0n) is 21.1. The molecule has 1 N–H and O–H groups in total. The second-order valence-electron chi connectivity index (χ2n) is 10.4. The van der Waals surface area contributed by atoms with Crippen LogP contribution in [0.5, 0.6) is 17.4 Å². The highest BCUT2D eigenvalue weighted by molar-refractivity contribution is 5.86. The third-order valence-electron chi connectivity index (χ3n) is 6.09. The van der Waals surface area contributed by atoms with E-state index in [2.05, 4.69) is 43.0 Å². The fraction of sp³-hybridized carbons (Fsp3) is 0.393. The first kappa shape index (κ1) is 24.2. The van der Waals surface area contributed by atoms with E-state index < -0.39 is 5.54 Å². The number of hydrogen-bond acceptors (Lipinski definition) is 6. The molecule has 4 heterocycles. The van der Waals surface area contributed by atoms with Crippen LogP contribution >= 0.6 is 0 Å². The van der Waals surface area contributed by atoms with Crippen molar-refractivity contribution in [3.8, 4) is 28.5 Å². The lowest BCUT2D eigenvalue weighted by molar-refractivity contribution is 0.0894. The highest BCUT2D eigenvalue weighted by Crippen LogP contribution is 2.49. The van der Waals surface area contributed by atoms with Crippen LogP contribution in [0.4, 0.5) is 4.39 Å². The molecule has 5 rings (SSSR count). The summed E-state index contributed by atoms with van der Waals surface area (Å²) in [5.74, 6) is 2.20. The van der Waals surface area contributed by atoms with Crippen molar-refractivity contribution in [1.82, 2.24) is 15.3 Å². The van der Waals surface area contributed by atoms with Crippen molar-refractivity contribution in [3.05, 3.63) is 65.9 Å². The third-order valence-corrected chi connectivity index (χ3v) is 6.09. The van der Waals surface area contributed by atoms with E-state index in [0.717, 1.165) is 28.9 Å². The molecule has 1 spiro atoms. The Bertz CT molecular complexity index is 1300. The number of nitrogens with zero attached hydrogens (tertiary/aromatic N) is 3. The van der Waals surface area contributed by atoms with Gasteiger partial charge in [-0.1, -0.05) is 33.8 Å². The lowest BCUT2D eigenvalue weighted by Gasteiger charge is -2.44. The summed E-state index contributed by atoms with van der Waals surface area (Å²) in [6, 6.07) is 9.19. The van der Waals surface area contributed by atoms with E-state index in [1.807, 2.05) is 24.3 Å². The maximum Gasteiger partial charge on any atom is 0.213 e. The van der Waals surface area contributed by atoms with Crippen LogP contribution in [0, 0.1) is 11.2 Å². The number of aliphatic imine (C=N–C) groups is 1. The number of hydrogen-bond donors (Lipinski definition) is 1. The molecule has 7 nitrogen and oxygen atoms in total. The van der Waals surface area contributed by atoms with Gasteiger partial charge in [-0.25, -0.2) is 9.37 Å². The van der Waals surface area contributed by atoms with Crippen molar-refractivity contribution < 1.29 is 18.6 Å². The fourth-order valence-electron chi connectivity index (χ4n) is 4.41. The minimum absolute atomic E-state index is 0.0154. The molecule has 1 saturated heterocycles. The van der Waals surface area contributed by atoms with Crippen LogP contribution in [0.2, 0.25) is 0 Å². The number of aromatic nitrogens is 2. The van der Waals surface area contributed by atoms with Crippen LogP contribution in [-0.2, 0) is 10.3 Å². The van der Waals surface area contributed by atoms with Crippen LogP contribution < -0.4 is 14.8 Å². The Morgan fingerprint density at radius 2 is 1.92 bits per heavy atom. The van der Waals surface area contributed by atoms with Gasteiger partial charge in [0.25, 0.3) is 0 Å². The highest BCUT2D eigenvalue weighted by Gasteiger charge is 2.46. The molecular formula is C28H31FN4O3. The average Bonchev–Trinajstić information content (AvgIpc) is 2.86. The molecule has 188 valence electrons. The summed E-state index contributed by atoms with van der Waals surface area (Å²) >= 11 is 0. The van der Waals surface area contributed by atoms with E-state index in [0.29, 0.717) is 49.3 Å². The molecule has 2 aliphatic heterocycles. The molecular weight excluding hydrogens is 459 g/mol. The molecule has 0 bridgehead atoms. The fourth-order valence-corrected chi connectivity index (χ4v) is 4.41. The molecule has 2 aliphatic rings. The topological polar surface area (TPSA) is 77.9 Å². The molecule has 0 aliphatic carbocycles. The first-order valence-electron chi connectivity index (χ1n) is 12.2. The average molecular weight is 491 g/mol. The standard InChI is InChI=1S/C28H31FN4O3/c1-5-8-31-25-15-34-17-28(33-25)21-10-18(19-9-20(29)13-30-12-19)6-7-23(21)36-24-14-32-26(11-22(24)28)35-16-27(2,3)4/h6-7,9-14H,5,8,15-17H2,1-4H3,(H,31,33). The van der Waals surface area contributed by atoms with Gasteiger partial charge in [-0.3, -0.25) is 9.98 Å². The van der Waals surface area contributed by atoms with E-state index in [1.54, 1.807) is 12.4 Å². The second kappa shape index (κ2) is 9.50. The van der Waals surface area contributed by atoms with E-state index in [-0.39, 0.29) is 11.2 Å². The Morgan fingerprint density at radius 1 is 1.08 bits per heavy atom. The second-order valence-corrected chi connectivity index (χ2v) is 10.4. The Morgan fingerprint density at radius 3 is 2.69 bits per heavy atom. The number of rotatable bonds is 5. The van der Waals surface area contributed by atoms with Gasteiger partial charge in [-0.05, 0) is 35.6 Å². The molecule has 0 amide bonds. The van der Waals surface area contributed by atoms with Crippen LogP contribution in [0.1, 0.15) is 45.2 Å². The number of morpholine rings is 1. The third kappa shape index (κ3) is 4.78. The molecule has 3 aromatic rings. The first-order valence-corrected chi connectivity index (χ1v) is 12.2. The Labute approximate surface area is 210 Å². The quantitative estimate of drug-likeness (QED) is 0.510. The number of fused-ring (bicyclic) bond motifs is 4. The number of halogens is 1. The largest absolute Gasteiger partial charge is 0.477 e. The van der Waals surface area contributed by atoms with E-state index >= 15 is 0 Å². The highest BCUT2D eigenvalue weighted by atomic mass is 19.1. The Hall–Kier alpha value is -3.52. The van der Waals surface area contributed by atoms with Gasteiger partial charge in [-0.15, -0.1) is 0 Å². The molecule has 2 aromatic heterocycles. The minimum Gasteiger partial charge on any atom is -0.477 e. The molecule has 1 aromatic carbocycles. The van der Waals surface area contributed by atoms with Gasteiger partial charge in [0.15, 0.2) is 5.75 Å². The molecule has 1 unspecified atom stereocenters. The van der Waals surface area contributed by atoms with Gasteiger partial charge in [0, 0.05) is 35.5 Å². The van der Waals surface area contributed by atoms with Crippen molar-refractivity contribution in [2.45, 2.75) is 39.7 Å². The lowest BCUT2D eigenvalue weighted by atomic mass is 9.79.